The number of carbonyl (C=O) groups excluding carboxylic acids is 1. The SMILES string of the molecule is Cc1ccc(NC(=O)c2cc(Nc3ccccc3)ncn2)c(C)c1. The third-order valence-electron chi connectivity index (χ3n) is 3.58. The van der Waals surface area contributed by atoms with Gasteiger partial charge in [-0.3, -0.25) is 4.79 Å². The zero-order valence-corrected chi connectivity index (χ0v) is 13.6. The van der Waals surface area contributed by atoms with Crippen LogP contribution in [-0.2, 0) is 0 Å². The molecular weight excluding hydrogens is 300 g/mol. The lowest BCUT2D eigenvalue weighted by Crippen LogP contribution is -2.15. The van der Waals surface area contributed by atoms with Crippen molar-refractivity contribution in [1.82, 2.24) is 9.97 Å². The van der Waals surface area contributed by atoms with Gasteiger partial charge in [0.25, 0.3) is 5.91 Å². The van der Waals surface area contributed by atoms with Gasteiger partial charge in [-0.15, -0.1) is 0 Å². The number of anilines is 3. The van der Waals surface area contributed by atoms with Gasteiger partial charge in [-0.05, 0) is 37.6 Å². The lowest BCUT2D eigenvalue weighted by molar-refractivity contribution is 0.102. The summed E-state index contributed by atoms with van der Waals surface area (Å²) >= 11 is 0. The van der Waals surface area contributed by atoms with Crippen LogP contribution in [0.5, 0.6) is 0 Å². The first kappa shape index (κ1) is 15.7. The van der Waals surface area contributed by atoms with Crippen LogP contribution in [0.4, 0.5) is 17.2 Å². The third kappa shape index (κ3) is 3.76. The molecule has 0 spiro atoms. The van der Waals surface area contributed by atoms with Crippen LogP contribution in [-0.4, -0.2) is 15.9 Å². The van der Waals surface area contributed by atoms with E-state index in [-0.39, 0.29) is 5.91 Å². The Kier molecular flexibility index (Phi) is 4.52. The van der Waals surface area contributed by atoms with Crippen molar-refractivity contribution in [2.45, 2.75) is 13.8 Å². The number of nitrogens with one attached hydrogen (secondary N) is 2. The maximum absolute atomic E-state index is 12.4. The average Bonchev–Trinajstić information content (AvgIpc) is 2.58. The summed E-state index contributed by atoms with van der Waals surface area (Å²) in [6.07, 6.45) is 1.38. The van der Waals surface area contributed by atoms with E-state index in [0.717, 1.165) is 22.5 Å². The molecule has 0 saturated heterocycles. The van der Waals surface area contributed by atoms with Crippen LogP contribution >= 0.6 is 0 Å². The summed E-state index contributed by atoms with van der Waals surface area (Å²) < 4.78 is 0. The van der Waals surface area contributed by atoms with Gasteiger partial charge >= 0.3 is 0 Å². The van der Waals surface area contributed by atoms with E-state index in [4.69, 9.17) is 0 Å². The number of nitrogens with zero attached hydrogens (tertiary/aromatic N) is 2. The summed E-state index contributed by atoms with van der Waals surface area (Å²) in [6.45, 7) is 3.98. The highest BCUT2D eigenvalue weighted by Crippen LogP contribution is 2.18. The minimum atomic E-state index is -0.263. The number of aryl methyl sites for hydroxylation is 2. The molecule has 120 valence electrons. The van der Waals surface area contributed by atoms with Crippen molar-refractivity contribution in [2.24, 2.45) is 0 Å². The standard InChI is InChI=1S/C19H18N4O/c1-13-8-9-16(14(2)10-13)23-19(24)17-11-18(21-12-20-17)22-15-6-4-3-5-7-15/h3-12H,1-2H3,(H,23,24)(H,20,21,22). The Morgan fingerprint density at radius 1 is 0.958 bits per heavy atom. The van der Waals surface area contributed by atoms with E-state index in [9.17, 15) is 4.79 Å². The van der Waals surface area contributed by atoms with Gasteiger partial charge in [0.2, 0.25) is 0 Å². The molecule has 0 atom stereocenters. The molecule has 5 heteroatoms. The second-order valence-electron chi connectivity index (χ2n) is 5.55. The highest BCUT2D eigenvalue weighted by Gasteiger charge is 2.10. The molecule has 0 bridgehead atoms. The Hall–Kier alpha value is -3.21. The Labute approximate surface area is 140 Å². The van der Waals surface area contributed by atoms with Crippen LogP contribution < -0.4 is 10.6 Å². The number of para-hydroxylation sites is 1. The monoisotopic (exact) mass is 318 g/mol. The normalized spacial score (nSPS) is 10.2. The van der Waals surface area contributed by atoms with E-state index < -0.39 is 0 Å². The molecular formula is C19H18N4O. The Bertz CT molecular complexity index is 862. The van der Waals surface area contributed by atoms with Crippen molar-refractivity contribution in [1.29, 1.82) is 0 Å². The lowest BCUT2D eigenvalue weighted by atomic mass is 10.1. The molecule has 0 unspecified atom stereocenters. The summed E-state index contributed by atoms with van der Waals surface area (Å²) in [5, 5.41) is 6.04. The highest BCUT2D eigenvalue weighted by molar-refractivity contribution is 6.03. The fourth-order valence-corrected chi connectivity index (χ4v) is 2.36. The number of carbonyl (C=O) groups is 1. The fraction of sp³-hybridized carbons (Fsp3) is 0.105. The lowest BCUT2D eigenvalue weighted by Gasteiger charge is -2.10. The number of hydrogen-bond acceptors (Lipinski definition) is 4. The van der Waals surface area contributed by atoms with Crippen LogP contribution in [0.3, 0.4) is 0 Å². The number of hydrogen-bond donors (Lipinski definition) is 2. The number of benzene rings is 2. The van der Waals surface area contributed by atoms with E-state index in [0.29, 0.717) is 11.5 Å². The molecule has 0 radical (unpaired) electrons. The topological polar surface area (TPSA) is 66.9 Å². The van der Waals surface area contributed by atoms with Gasteiger partial charge in [0.15, 0.2) is 0 Å². The molecule has 1 aromatic heterocycles. The molecule has 0 aliphatic rings. The smallest absolute Gasteiger partial charge is 0.274 e. The maximum atomic E-state index is 12.4. The second kappa shape index (κ2) is 6.91. The first-order chi connectivity index (χ1) is 11.6. The van der Waals surface area contributed by atoms with Gasteiger partial charge in [0.05, 0.1) is 0 Å². The largest absolute Gasteiger partial charge is 0.340 e. The highest BCUT2D eigenvalue weighted by atomic mass is 16.1. The van der Waals surface area contributed by atoms with Gasteiger partial charge < -0.3 is 10.6 Å². The maximum Gasteiger partial charge on any atom is 0.274 e. The molecule has 0 fully saturated rings. The van der Waals surface area contributed by atoms with E-state index in [1.54, 1.807) is 6.07 Å². The van der Waals surface area contributed by atoms with Crippen LogP contribution in [0, 0.1) is 13.8 Å². The van der Waals surface area contributed by atoms with E-state index >= 15 is 0 Å². The minimum Gasteiger partial charge on any atom is -0.340 e. The molecule has 0 aliphatic carbocycles. The van der Waals surface area contributed by atoms with E-state index in [2.05, 4.69) is 20.6 Å². The van der Waals surface area contributed by atoms with Gasteiger partial charge in [0, 0.05) is 17.4 Å². The molecule has 1 amide bonds. The van der Waals surface area contributed by atoms with Gasteiger partial charge in [-0.25, -0.2) is 9.97 Å². The summed E-state index contributed by atoms with van der Waals surface area (Å²) in [6, 6.07) is 17.2. The molecule has 3 rings (SSSR count). The summed E-state index contributed by atoms with van der Waals surface area (Å²) in [7, 11) is 0. The predicted octanol–water partition coefficient (Wildman–Crippen LogP) is 4.09. The number of rotatable bonds is 4. The zero-order valence-electron chi connectivity index (χ0n) is 13.6. The zero-order chi connectivity index (χ0) is 16.9. The molecule has 24 heavy (non-hydrogen) atoms. The van der Waals surface area contributed by atoms with E-state index in [1.165, 1.54) is 6.33 Å². The van der Waals surface area contributed by atoms with Crippen molar-refractivity contribution in [3.8, 4) is 0 Å². The van der Waals surface area contributed by atoms with Crippen molar-refractivity contribution < 1.29 is 4.79 Å². The van der Waals surface area contributed by atoms with Crippen molar-refractivity contribution in [2.75, 3.05) is 10.6 Å². The quantitative estimate of drug-likeness (QED) is 0.760. The first-order valence-electron chi connectivity index (χ1n) is 7.64. The molecule has 5 nitrogen and oxygen atoms in total. The first-order valence-corrected chi connectivity index (χ1v) is 7.64. The number of aromatic nitrogens is 2. The Balaban J connectivity index is 1.77. The van der Waals surface area contributed by atoms with Gasteiger partial charge in [0.1, 0.15) is 17.8 Å². The Morgan fingerprint density at radius 3 is 2.50 bits per heavy atom. The molecule has 1 heterocycles. The molecule has 2 N–H and O–H groups in total. The molecule has 0 saturated carbocycles. The molecule has 2 aromatic carbocycles. The van der Waals surface area contributed by atoms with Crippen LogP contribution in [0.25, 0.3) is 0 Å². The van der Waals surface area contributed by atoms with Crippen molar-refractivity contribution in [3.05, 3.63) is 77.7 Å². The average molecular weight is 318 g/mol. The number of amides is 1. The van der Waals surface area contributed by atoms with Gasteiger partial charge in [-0.2, -0.15) is 0 Å². The minimum absolute atomic E-state index is 0.263. The third-order valence-corrected chi connectivity index (χ3v) is 3.58. The van der Waals surface area contributed by atoms with Gasteiger partial charge in [-0.1, -0.05) is 35.9 Å². The van der Waals surface area contributed by atoms with Crippen LogP contribution in [0.2, 0.25) is 0 Å². The van der Waals surface area contributed by atoms with E-state index in [1.807, 2.05) is 62.4 Å². The Morgan fingerprint density at radius 2 is 1.75 bits per heavy atom. The fourth-order valence-electron chi connectivity index (χ4n) is 2.36. The van der Waals surface area contributed by atoms with Crippen molar-refractivity contribution >= 4 is 23.1 Å². The van der Waals surface area contributed by atoms with Crippen LogP contribution in [0.15, 0.2) is 60.9 Å². The molecule has 3 aromatic rings. The van der Waals surface area contributed by atoms with Crippen molar-refractivity contribution in [3.63, 3.8) is 0 Å². The summed E-state index contributed by atoms with van der Waals surface area (Å²) in [4.78, 5) is 20.6. The molecule has 0 aliphatic heterocycles. The second-order valence-corrected chi connectivity index (χ2v) is 5.55. The summed E-state index contributed by atoms with van der Waals surface area (Å²) in [5.74, 6) is 0.308. The summed E-state index contributed by atoms with van der Waals surface area (Å²) in [5.41, 5.74) is 4.16. The van der Waals surface area contributed by atoms with Crippen LogP contribution in [0.1, 0.15) is 21.6 Å². The predicted molar refractivity (Wildman–Crippen MR) is 95.6 cm³/mol.